The van der Waals surface area contributed by atoms with E-state index in [1.54, 1.807) is 12.4 Å². The summed E-state index contributed by atoms with van der Waals surface area (Å²) < 4.78 is 13.3. The summed E-state index contributed by atoms with van der Waals surface area (Å²) in [4.78, 5) is 11.5. The number of hydrogen-bond acceptors (Lipinski definition) is 3. The van der Waals surface area contributed by atoms with Crippen molar-refractivity contribution in [3.8, 4) is 11.3 Å². The van der Waals surface area contributed by atoms with Gasteiger partial charge in [-0.1, -0.05) is 34.1 Å². The molecule has 0 amide bonds. The molecule has 0 radical (unpaired) electrons. The van der Waals surface area contributed by atoms with Crippen LogP contribution in [0.3, 0.4) is 0 Å². The van der Waals surface area contributed by atoms with Crippen LogP contribution >= 0.6 is 15.9 Å². The third-order valence-electron chi connectivity index (χ3n) is 2.93. The number of halogens is 1. The second-order valence-electron chi connectivity index (χ2n) is 4.42. The van der Waals surface area contributed by atoms with Gasteiger partial charge < -0.3 is 4.98 Å². The molecule has 1 unspecified atom stereocenters. The van der Waals surface area contributed by atoms with E-state index in [4.69, 9.17) is 0 Å². The van der Waals surface area contributed by atoms with Crippen LogP contribution in [0.5, 0.6) is 0 Å². The molecule has 1 N–H and O–H groups in total. The van der Waals surface area contributed by atoms with Crippen LogP contribution in [0.25, 0.3) is 11.3 Å². The Hall–Kier alpha value is -1.79. The predicted octanol–water partition coefficient (Wildman–Crippen LogP) is 3.54. The van der Waals surface area contributed by atoms with Gasteiger partial charge in [0.15, 0.2) is 5.16 Å². The Morgan fingerprint density at radius 1 is 1.10 bits per heavy atom. The standard InChI is InChI=1S/C15H12BrN3OS/c16-12-6-4-11(5-7-12)14-9-18-15(19-14)21(20)10-13-3-1-2-8-17-13/h1-9H,10H2,(H,18,19). The Morgan fingerprint density at radius 2 is 1.90 bits per heavy atom. The van der Waals surface area contributed by atoms with Gasteiger partial charge in [-0.3, -0.25) is 9.19 Å². The van der Waals surface area contributed by atoms with Crippen LogP contribution in [0.2, 0.25) is 0 Å². The summed E-state index contributed by atoms with van der Waals surface area (Å²) in [6.45, 7) is 0. The number of aromatic nitrogens is 3. The Labute approximate surface area is 133 Å². The van der Waals surface area contributed by atoms with Gasteiger partial charge in [0.25, 0.3) is 0 Å². The number of nitrogens with one attached hydrogen (secondary N) is 1. The Balaban J connectivity index is 1.78. The highest BCUT2D eigenvalue weighted by Gasteiger charge is 2.11. The number of aromatic amines is 1. The minimum Gasteiger partial charge on any atom is -0.331 e. The molecule has 0 saturated carbocycles. The molecular weight excluding hydrogens is 350 g/mol. The smallest absolute Gasteiger partial charge is 0.197 e. The van der Waals surface area contributed by atoms with Crippen LogP contribution in [0.15, 0.2) is 64.5 Å². The second-order valence-corrected chi connectivity index (χ2v) is 6.70. The van der Waals surface area contributed by atoms with Gasteiger partial charge in [-0.05, 0) is 29.8 Å². The van der Waals surface area contributed by atoms with E-state index in [0.29, 0.717) is 10.9 Å². The fourth-order valence-electron chi connectivity index (χ4n) is 1.88. The van der Waals surface area contributed by atoms with Gasteiger partial charge in [-0.2, -0.15) is 0 Å². The molecule has 2 heterocycles. The van der Waals surface area contributed by atoms with E-state index < -0.39 is 10.8 Å². The van der Waals surface area contributed by atoms with Crippen molar-refractivity contribution in [2.45, 2.75) is 10.9 Å². The van der Waals surface area contributed by atoms with Crippen LogP contribution in [-0.2, 0) is 16.6 Å². The summed E-state index contributed by atoms with van der Waals surface area (Å²) >= 11 is 3.40. The molecule has 0 aliphatic rings. The van der Waals surface area contributed by atoms with Gasteiger partial charge in [-0.15, -0.1) is 0 Å². The van der Waals surface area contributed by atoms with Crippen molar-refractivity contribution >= 4 is 26.7 Å². The molecule has 0 aliphatic carbocycles. The Morgan fingerprint density at radius 3 is 2.62 bits per heavy atom. The zero-order chi connectivity index (χ0) is 14.7. The lowest BCUT2D eigenvalue weighted by Crippen LogP contribution is -2.00. The zero-order valence-corrected chi connectivity index (χ0v) is 13.4. The van der Waals surface area contributed by atoms with Crippen LogP contribution in [0.4, 0.5) is 0 Å². The number of benzene rings is 1. The summed E-state index contributed by atoms with van der Waals surface area (Å²) in [5.74, 6) is 0.355. The largest absolute Gasteiger partial charge is 0.331 e. The van der Waals surface area contributed by atoms with E-state index in [9.17, 15) is 4.21 Å². The van der Waals surface area contributed by atoms with E-state index in [1.165, 1.54) is 0 Å². The molecule has 1 aromatic carbocycles. The van der Waals surface area contributed by atoms with Crippen LogP contribution in [0, 0.1) is 0 Å². The first-order valence-corrected chi connectivity index (χ1v) is 8.43. The molecule has 3 rings (SSSR count). The monoisotopic (exact) mass is 361 g/mol. The van der Waals surface area contributed by atoms with Crippen molar-refractivity contribution in [3.05, 3.63) is 65.0 Å². The van der Waals surface area contributed by atoms with Gasteiger partial charge in [0.05, 0.1) is 34.1 Å². The first kappa shape index (κ1) is 14.2. The average Bonchev–Trinajstić information content (AvgIpc) is 2.99. The summed E-state index contributed by atoms with van der Waals surface area (Å²) in [5.41, 5.74) is 2.65. The lowest BCUT2D eigenvalue weighted by atomic mass is 10.2. The molecule has 4 nitrogen and oxygen atoms in total. The van der Waals surface area contributed by atoms with E-state index in [0.717, 1.165) is 21.4 Å². The summed E-state index contributed by atoms with van der Waals surface area (Å²) in [5, 5.41) is 0.471. The van der Waals surface area contributed by atoms with Gasteiger partial charge in [0.2, 0.25) is 0 Å². The normalized spacial score (nSPS) is 12.2. The SMILES string of the molecule is O=S(Cc1ccccn1)c1ncc(-c2ccc(Br)cc2)[nH]1. The van der Waals surface area contributed by atoms with E-state index >= 15 is 0 Å². The van der Waals surface area contributed by atoms with Crippen molar-refractivity contribution in [2.75, 3.05) is 0 Å². The van der Waals surface area contributed by atoms with Crippen LogP contribution in [0.1, 0.15) is 5.69 Å². The molecule has 106 valence electrons. The number of imidazole rings is 1. The Bertz CT molecular complexity index is 756. The first-order valence-electron chi connectivity index (χ1n) is 6.31. The predicted molar refractivity (Wildman–Crippen MR) is 86.1 cm³/mol. The fraction of sp³-hybridized carbons (Fsp3) is 0.0667. The van der Waals surface area contributed by atoms with E-state index in [-0.39, 0.29) is 0 Å². The molecule has 21 heavy (non-hydrogen) atoms. The van der Waals surface area contributed by atoms with Crippen LogP contribution < -0.4 is 0 Å². The lowest BCUT2D eigenvalue weighted by Gasteiger charge is -1.99. The van der Waals surface area contributed by atoms with Gasteiger partial charge >= 0.3 is 0 Å². The fourth-order valence-corrected chi connectivity index (χ4v) is 3.12. The van der Waals surface area contributed by atoms with Crippen molar-refractivity contribution < 1.29 is 4.21 Å². The van der Waals surface area contributed by atoms with Crippen molar-refractivity contribution in [1.29, 1.82) is 0 Å². The molecule has 0 fully saturated rings. The maximum Gasteiger partial charge on any atom is 0.197 e. The summed E-state index contributed by atoms with van der Waals surface area (Å²) in [7, 11) is -1.23. The number of hydrogen-bond donors (Lipinski definition) is 1. The molecule has 0 bridgehead atoms. The molecule has 0 saturated heterocycles. The first-order chi connectivity index (χ1) is 10.2. The quantitative estimate of drug-likeness (QED) is 0.772. The van der Waals surface area contributed by atoms with Gasteiger partial charge in [0.1, 0.15) is 0 Å². The number of rotatable bonds is 4. The molecule has 3 aromatic rings. The topological polar surface area (TPSA) is 58.6 Å². The minimum absolute atomic E-state index is 0.355. The van der Waals surface area contributed by atoms with Gasteiger partial charge in [-0.25, -0.2) is 4.98 Å². The molecular formula is C15H12BrN3OS. The average molecular weight is 362 g/mol. The maximum atomic E-state index is 12.3. The zero-order valence-electron chi connectivity index (χ0n) is 11.0. The second kappa shape index (κ2) is 6.32. The third-order valence-corrected chi connectivity index (χ3v) is 4.65. The molecule has 6 heteroatoms. The summed E-state index contributed by atoms with van der Waals surface area (Å²) in [6, 6.07) is 13.4. The molecule has 0 aliphatic heterocycles. The molecule has 2 aromatic heterocycles. The maximum absolute atomic E-state index is 12.3. The van der Waals surface area contributed by atoms with Crippen molar-refractivity contribution in [3.63, 3.8) is 0 Å². The summed E-state index contributed by atoms with van der Waals surface area (Å²) in [6.07, 6.45) is 3.40. The third kappa shape index (κ3) is 3.46. The van der Waals surface area contributed by atoms with Crippen LogP contribution in [-0.4, -0.2) is 19.2 Å². The van der Waals surface area contributed by atoms with Crippen molar-refractivity contribution in [2.24, 2.45) is 0 Å². The molecule has 0 spiro atoms. The van der Waals surface area contributed by atoms with E-state index in [2.05, 4.69) is 30.9 Å². The minimum atomic E-state index is -1.23. The highest BCUT2D eigenvalue weighted by Crippen LogP contribution is 2.21. The van der Waals surface area contributed by atoms with Crippen molar-refractivity contribution in [1.82, 2.24) is 15.0 Å². The van der Waals surface area contributed by atoms with Gasteiger partial charge in [0, 0.05) is 10.7 Å². The number of H-pyrrole nitrogens is 1. The number of nitrogens with zero attached hydrogens (tertiary/aromatic N) is 2. The Kier molecular flexibility index (Phi) is 4.26. The molecule has 1 atom stereocenters. The highest BCUT2D eigenvalue weighted by atomic mass is 79.9. The number of pyridine rings is 1. The highest BCUT2D eigenvalue weighted by molar-refractivity contribution is 9.10. The van der Waals surface area contributed by atoms with E-state index in [1.807, 2.05) is 42.5 Å². The lowest BCUT2D eigenvalue weighted by molar-refractivity contribution is 0.676.